The Balaban J connectivity index is 3.09. The SMILES string of the molecule is C=CCOc1cccc([N+](=O)[O-])c1CC(=O)OCC. The molecule has 102 valence electrons. The highest BCUT2D eigenvalue weighted by Crippen LogP contribution is 2.29. The maximum atomic E-state index is 11.5. The molecule has 0 aromatic heterocycles. The number of ether oxygens (including phenoxy) is 2. The van der Waals surface area contributed by atoms with Gasteiger partial charge in [0.05, 0.1) is 23.5 Å². The summed E-state index contributed by atoms with van der Waals surface area (Å²) < 4.78 is 10.1. The standard InChI is InChI=1S/C13H15NO5/c1-3-8-19-12-7-5-6-11(14(16)17)10(12)9-13(15)18-4-2/h3,5-7H,1,4,8-9H2,2H3. The van der Waals surface area contributed by atoms with E-state index >= 15 is 0 Å². The molecule has 1 rings (SSSR count). The number of esters is 1. The van der Waals surface area contributed by atoms with E-state index in [0.717, 1.165) is 0 Å². The third-order valence-corrected chi connectivity index (χ3v) is 2.29. The van der Waals surface area contributed by atoms with Crippen LogP contribution in [0.25, 0.3) is 0 Å². The van der Waals surface area contributed by atoms with Crippen LogP contribution in [0.15, 0.2) is 30.9 Å². The first-order valence-electron chi connectivity index (χ1n) is 5.75. The lowest BCUT2D eigenvalue weighted by atomic mass is 10.1. The second kappa shape index (κ2) is 7.15. The Bertz CT molecular complexity index is 484. The van der Waals surface area contributed by atoms with Crippen molar-refractivity contribution >= 4 is 11.7 Å². The van der Waals surface area contributed by atoms with Gasteiger partial charge in [-0.3, -0.25) is 14.9 Å². The van der Waals surface area contributed by atoms with Gasteiger partial charge in [0.1, 0.15) is 12.4 Å². The predicted octanol–water partition coefficient (Wildman–Crippen LogP) is 2.27. The van der Waals surface area contributed by atoms with Crippen molar-refractivity contribution in [2.75, 3.05) is 13.2 Å². The van der Waals surface area contributed by atoms with Gasteiger partial charge >= 0.3 is 5.97 Å². The molecule has 0 heterocycles. The van der Waals surface area contributed by atoms with Crippen molar-refractivity contribution in [3.05, 3.63) is 46.5 Å². The second-order valence-corrected chi connectivity index (χ2v) is 3.59. The fraction of sp³-hybridized carbons (Fsp3) is 0.308. The van der Waals surface area contributed by atoms with E-state index in [1.807, 2.05) is 0 Å². The lowest BCUT2D eigenvalue weighted by Crippen LogP contribution is -2.11. The minimum Gasteiger partial charge on any atom is -0.489 e. The van der Waals surface area contributed by atoms with Crippen molar-refractivity contribution in [1.82, 2.24) is 0 Å². The molecule has 1 aromatic rings. The minimum absolute atomic E-state index is 0.158. The van der Waals surface area contributed by atoms with Crippen molar-refractivity contribution in [3.63, 3.8) is 0 Å². The fourth-order valence-electron chi connectivity index (χ4n) is 1.54. The lowest BCUT2D eigenvalue weighted by molar-refractivity contribution is -0.385. The molecule has 0 radical (unpaired) electrons. The molecule has 0 unspecified atom stereocenters. The van der Waals surface area contributed by atoms with Gasteiger partial charge in [0.2, 0.25) is 0 Å². The molecular formula is C13H15NO5. The van der Waals surface area contributed by atoms with E-state index < -0.39 is 10.9 Å². The Hall–Kier alpha value is -2.37. The van der Waals surface area contributed by atoms with Crippen LogP contribution in [0.2, 0.25) is 0 Å². The van der Waals surface area contributed by atoms with Crippen LogP contribution in [-0.2, 0) is 16.0 Å². The zero-order valence-corrected chi connectivity index (χ0v) is 10.6. The van der Waals surface area contributed by atoms with Gasteiger partial charge in [0, 0.05) is 6.07 Å². The van der Waals surface area contributed by atoms with Crippen LogP contribution in [0, 0.1) is 10.1 Å². The highest BCUT2D eigenvalue weighted by molar-refractivity contribution is 5.75. The van der Waals surface area contributed by atoms with Gasteiger partial charge in [-0.15, -0.1) is 0 Å². The van der Waals surface area contributed by atoms with Gasteiger partial charge in [-0.2, -0.15) is 0 Å². The molecule has 6 nitrogen and oxygen atoms in total. The molecule has 19 heavy (non-hydrogen) atoms. The zero-order valence-electron chi connectivity index (χ0n) is 10.6. The molecule has 0 aliphatic rings. The number of nitro groups is 1. The summed E-state index contributed by atoms with van der Waals surface area (Å²) in [5.41, 5.74) is 0.0578. The summed E-state index contributed by atoms with van der Waals surface area (Å²) in [7, 11) is 0. The molecule has 1 aromatic carbocycles. The molecule has 0 spiro atoms. The lowest BCUT2D eigenvalue weighted by Gasteiger charge is -2.10. The number of carbonyl (C=O) groups is 1. The summed E-state index contributed by atoms with van der Waals surface area (Å²) in [6.45, 7) is 5.61. The van der Waals surface area contributed by atoms with Gasteiger partial charge in [0.25, 0.3) is 5.69 Å². The Kier molecular flexibility index (Phi) is 5.53. The number of nitrogens with zero attached hydrogens (tertiary/aromatic N) is 1. The van der Waals surface area contributed by atoms with Crippen LogP contribution in [0.5, 0.6) is 5.75 Å². The summed E-state index contributed by atoms with van der Waals surface area (Å²) in [6.07, 6.45) is 1.32. The molecule has 0 N–H and O–H groups in total. The largest absolute Gasteiger partial charge is 0.489 e. The molecule has 0 aliphatic heterocycles. The molecular weight excluding hydrogens is 250 g/mol. The highest BCUT2D eigenvalue weighted by atomic mass is 16.6. The Morgan fingerprint density at radius 3 is 2.84 bits per heavy atom. The quantitative estimate of drug-likeness (QED) is 0.327. The Morgan fingerprint density at radius 1 is 1.53 bits per heavy atom. The predicted molar refractivity (Wildman–Crippen MR) is 69.1 cm³/mol. The van der Waals surface area contributed by atoms with Crippen LogP contribution in [0.4, 0.5) is 5.69 Å². The van der Waals surface area contributed by atoms with E-state index in [4.69, 9.17) is 9.47 Å². The first kappa shape index (κ1) is 14.7. The van der Waals surface area contributed by atoms with E-state index in [1.165, 1.54) is 18.2 Å². The number of benzene rings is 1. The van der Waals surface area contributed by atoms with E-state index in [-0.39, 0.29) is 30.9 Å². The first-order valence-corrected chi connectivity index (χ1v) is 5.75. The molecule has 0 saturated heterocycles. The zero-order chi connectivity index (χ0) is 14.3. The van der Waals surface area contributed by atoms with Gasteiger partial charge in [-0.1, -0.05) is 18.7 Å². The average molecular weight is 265 g/mol. The van der Waals surface area contributed by atoms with Crippen molar-refractivity contribution in [1.29, 1.82) is 0 Å². The summed E-state index contributed by atoms with van der Waals surface area (Å²) in [6, 6.07) is 4.41. The van der Waals surface area contributed by atoms with Crippen LogP contribution < -0.4 is 4.74 Å². The second-order valence-electron chi connectivity index (χ2n) is 3.59. The monoisotopic (exact) mass is 265 g/mol. The normalized spacial score (nSPS) is 9.74. The van der Waals surface area contributed by atoms with Crippen LogP contribution in [-0.4, -0.2) is 24.1 Å². The molecule has 0 aliphatic carbocycles. The van der Waals surface area contributed by atoms with Crippen LogP contribution >= 0.6 is 0 Å². The Labute approximate surface area is 110 Å². The molecule has 0 fully saturated rings. The van der Waals surface area contributed by atoms with E-state index in [1.54, 1.807) is 13.0 Å². The van der Waals surface area contributed by atoms with Crippen LogP contribution in [0.1, 0.15) is 12.5 Å². The molecule has 0 saturated carbocycles. The summed E-state index contributed by atoms with van der Waals surface area (Å²) in [5.74, 6) is -0.234. The number of carbonyl (C=O) groups excluding carboxylic acids is 1. The van der Waals surface area contributed by atoms with Gasteiger partial charge < -0.3 is 9.47 Å². The minimum atomic E-state index is -0.546. The number of rotatable bonds is 7. The van der Waals surface area contributed by atoms with Gasteiger partial charge in [-0.05, 0) is 13.0 Å². The van der Waals surface area contributed by atoms with E-state index in [0.29, 0.717) is 5.75 Å². The van der Waals surface area contributed by atoms with Crippen LogP contribution in [0.3, 0.4) is 0 Å². The third kappa shape index (κ3) is 4.09. The fourth-order valence-corrected chi connectivity index (χ4v) is 1.54. The van der Waals surface area contributed by atoms with E-state index in [9.17, 15) is 14.9 Å². The Morgan fingerprint density at radius 2 is 2.26 bits per heavy atom. The third-order valence-electron chi connectivity index (χ3n) is 2.29. The van der Waals surface area contributed by atoms with Crippen molar-refractivity contribution in [2.24, 2.45) is 0 Å². The van der Waals surface area contributed by atoms with E-state index in [2.05, 4.69) is 6.58 Å². The number of nitro benzene ring substituents is 1. The average Bonchev–Trinajstić information content (AvgIpc) is 2.37. The van der Waals surface area contributed by atoms with Crippen molar-refractivity contribution < 1.29 is 19.2 Å². The first-order chi connectivity index (χ1) is 9.10. The maximum Gasteiger partial charge on any atom is 0.310 e. The molecule has 0 atom stereocenters. The van der Waals surface area contributed by atoms with Crippen molar-refractivity contribution in [3.8, 4) is 5.75 Å². The van der Waals surface area contributed by atoms with Gasteiger partial charge in [-0.25, -0.2) is 0 Å². The number of hydrogen-bond acceptors (Lipinski definition) is 5. The molecule has 0 bridgehead atoms. The summed E-state index contributed by atoms with van der Waals surface area (Å²) in [4.78, 5) is 21.9. The number of hydrogen-bond donors (Lipinski definition) is 0. The highest BCUT2D eigenvalue weighted by Gasteiger charge is 2.21. The van der Waals surface area contributed by atoms with Crippen molar-refractivity contribution in [2.45, 2.75) is 13.3 Å². The summed E-state index contributed by atoms with van der Waals surface area (Å²) >= 11 is 0. The smallest absolute Gasteiger partial charge is 0.310 e. The molecule has 6 heteroatoms. The summed E-state index contributed by atoms with van der Waals surface area (Å²) in [5, 5.41) is 11.0. The topological polar surface area (TPSA) is 78.7 Å². The molecule has 0 amide bonds. The maximum absolute atomic E-state index is 11.5. The van der Waals surface area contributed by atoms with Gasteiger partial charge in [0.15, 0.2) is 0 Å².